The van der Waals surface area contributed by atoms with Crippen molar-refractivity contribution in [3.8, 4) is 0 Å². The number of rotatable bonds is 3. The van der Waals surface area contributed by atoms with Crippen LogP contribution in [0, 0.1) is 0 Å². The van der Waals surface area contributed by atoms with Crippen LogP contribution in [0.5, 0.6) is 0 Å². The van der Waals surface area contributed by atoms with E-state index in [2.05, 4.69) is 40.5 Å². The topological polar surface area (TPSA) is 13.0 Å². The standard InChI is InChI=1S/C16H32N4/c1-4-18-13-15(14-18)19-7-5-16(2,6-8-19)20-11-9-17(3)10-12-20/h15H,4-14H2,1-3H3. The van der Waals surface area contributed by atoms with E-state index >= 15 is 0 Å². The molecule has 4 nitrogen and oxygen atoms in total. The molecule has 0 spiro atoms. The van der Waals surface area contributed by atoms with Crippen LogP contribution in [0.4, 0.5) is 0 Å². The lowest BCUT2D eigenvalue weighted by Gasteiger charge is -2.53. The smallest absolute Gasteiger partial charge is 0.0350 e. The van der Waals surface area contributed by atoms with E-state index in [1.807, 2.05) is 0 Å². The van der Waals surface area contributed by atoms with E-state index in [1.165, 1.54) is 71.7 Å². The van der Waals surface area contributed by atoms with Gasteiger partial charge in [-0.05, 0) is 33.4 Å². The van der Waals surface area contributed by atoms with Crippen LogP contribution in [0.2, 0.25) is 0 Å². The largest absolute Gasteiger partial charge is 0.304 e. The Kier molecular flexibility index (Phi) is 4.37. The van der Waals surface area contributed by atoms with E-state index < -0.39 is 0 Å². The minimum absolute atomic E-state index is 0.464. The molecule has 0 bridgehead atoms. The number of likely N-dealkylation sites (tertiary alicyclic amines) is 2. The van der Waals surface area contributed by atoms with Crippen molar-refractivity contribution >= 4 is 0 Å². The molecule has 3 saturated heterocycles. The molecule has 0 atom stereocenters. The summed E-state index contributed by atoms with van der Waals surface area (Å²) in [5.74, 6) is 0. The first-order valence-electron chi connectivity index (χ1n) is 8.51. The third-order valence-corrected chi connectivity index (χ3v) is 6.04. The van der Waals surface area contributed by atoms with Gasteiger partial charge in [-0.25, -0.2) is 0 Å². The van der Waals surface area contributed by atoms with E-state index in [-0.39, 0.29) is 0 Å². The molecule has 0 aliphatic carbocycles. The van der Waals surface area contributed by atoms with Crippen LogP contribution < -0.4 is 0 Å². The molecule has 0 unspecified atom stereocenters. The van der Waals surface area contributed by atoms with Crippen molar-refractivity contribution in [2.45, 2.75) is 38.3 Å². The highest BCUT2D eigenvalue weighted by atomic mass is 15.3. The first-order chi connectivity index (χ1) is 9.60. The van der Waals surface area contributed by atoms with Crippen molar-refractivity contribution in [1.82, 2.24) is 19.6 Å². The second kappa shape index (κ2) is 5.91. The van der Waals surface area contributed by atoms with E-state index in [0.29, 0.717) is 5.54 Å². The number of likely N-dealkylation sites (N-methyl/N-ethyl adjacent to an activating group) is 2. The van der Waals surface area contributed by atoms with Crippen molar-refractivity contribution in [2.75, 3.05) is 66.0 Å². The first kappa shape index (κ1) is 14.8. The quantitative estimate of drug-likeness (QED) is 0.758. The van der Waals surface area contributed by atoms with Gasteiger partial charge in [0.2, 0.25) is 0 Å². The molecule has 3 aliphatic rings. The zero-order valence-corrected chi connectivity index (χ0v) is 13.6. The molecule has 3 rings (SSSR count). The summed E-state index contributed by atoms with van der Waals surface area (Å²) in [6, 6.07) is 0.854. The Hall–Kier alpha value is -0.160. The first-order valence-corrected chi connectivity index (χ1v) is 8.51. The van der Waals surface area contributed by atoms with Gasteiger partial charge in [0.25, 0.3) is 0 Å². The molecule has 0 aromatic carbocycles. The number of piperazine rings is 1. The van der Waals surface area contributed by atoms with Crippen LogP contribution >= 0.6 is 0 Å². The fourth-order valence-electron chi connectivity index (χ4n) is 4.07. The average Bonchev–Trinajstić information content (AvgIpc) is 2.40. The molecule has 0 saturated carbocycles. The van der Waals surface area contributed by atoms with Crippen molar-refractivity contribution in [2.24, 2.45) is 0 Å². The summed E-state index contributed by atoms with van der Waals surface area (Å²) in [6.07, 6.45) is 2.72. The summed E-state index contributed by atoms with van der Waals surface area (Å²) in [7, 11) is 2.25. The third kappa shape index (κ3) is 2.89. The molecule has 0 N–H and O–H groups in total. The van der Waals surface area contributed by atoms with E-state index in [0.717, 1.165) is 6.04 Å². The van der Waals surface area contributed by atoms with Gasteiger partial charge in [-0.15, -0.1) is 0 Å². The minimum Gasteiger partial charge on any atom is -0.304 e. The number of hydrogen-bond donors (Lipinski definition) is 0. The lowest BCUT2D eigenvalue weighted by atomic mass is 9.86. The maximum atomic E-state index is 2.77. The van der Waals surface area contributed by atoms with Gasteiger partial charge in [0.1, 0.15) is 0 Å². The molecule has 116 valence electrons. The van der Waals surface area contributed by atoms with E-state index in [9.17, 15) is 0 Å². The predicted molar refractivity (Wildman–Crippen MR) is 84.2 cm³/mol. The molecule has 4 heteroatoms. The molecule has 3 heterocycles. The van der Waals surface area contributed by atoms with E-state index in [4.69, 9.17) is 0 Å². The monoisotopic (exact) mass is 280 g/mol. The predicted octanol–water partition coefficient (Wildman–Crippen LogP) is 0.792. The van der Waals surface area contributed by atoms with Crippen LogP contribution in [0.3, 0.4) is 0 Å². The fraction of sp³-hybridized carbons (Fsp3) is 1.00. The molecule has 0 aromatic heterocycles. The Morgan fingerprint density at radius 3 is 2.10 bits per heavy atom. The summed E-state index contributed by atoms with van der Waals surface area (Å²) in [5.41, 5.74) is 0.464. The van der Waals surface area contributed by atoms with Crippen molar-refractivity contribution < 1.29 is 0 Å². The summed E-state index contributed by atoms with van der Waals surface area (Å²) in [5, 5.41) is 0. The van der Waals surface area contributed by atoms with Gasteiger partial charge < -0.3 is 9.80 Å². The van der Waals surface area contributed by atoms with Gasteiger partial charge in [0.15, 0.2) is 0 Å². The fourth-order valence-corrected chi connectivity index (χ4v) is 4.07. The Labute approximate surface area is 124 Å². The number of piperidine rings is 1. The molecule has 0 aromatic rings. The van der Waals surface area contributed by atoms with E-state index in [1.54, 1.807) is 0 Å². The minimum atomic E-state index is 0.464. The molecule has 3 aliphatic heterocycles. The second-order valence-corrected chi connectivity index (χ2v) is 7.33. The van der Waals surface area contributed by atoms with Crippen LogP contribution in [0.25, 0.3) is 0 Å². The molecule has 20 heavy (non-hydrogen) atoms. The third-order valence-electron chi connectivity index (χ3n) is 6.04. The van der Waals surface area contributed by atoms with Gasteiger partial charge in [-0.1, -0.05) is 6.92 Å². The molecular formula is C16H32N4. The maximum absolute atomic E-state index is 2.77. The lowest BCUT2D eigenvalue weighted by molar-refractivity contribution is -0.0323. The second-order valence-electron chi connectivity index (χ2n) is 7.33. The summed E-state index contributed by atoms with van der Waals surface area (Å²) in [6.45, 7) is 16.3. The van der Waals surface area contributed by atoms with Crippen LogP contribution in [-0.2, 0) is 0 Å². The normalized spacial score (nSPS) is 31.4. The van der Waals surface area contributed by atoms with Gasteiger partial charge in [0, 0.05) is 63.9 Å². The SMILES string of the molecule is CCN1CC(N2CCC(C)(N3CCN(C)CC3)CC2)C1. The lowest BCUT2D eigenvalue weighted by Crippen LogP contribution is -2.64. The van der Waals surface area contributed by atoms with Crippen molar-refractivity contribution in [3.05, 3.63) is 0 Å². The van der Waals surface area contributed by atoms with Crippen LogP contribution in [0.1, 0.15) is 26.7 Å². The number of nitrogens with zero attached hydrogens (tertiary/aromatic N) is 4. The van der Waals surface area contributed by atoms with Crippen molar-refractivity contribution in [1.29, 1.82) is 0 Å². The molecular weight excluding hydrogens is 248 g/mol. The molecule has 3 fully saturated rings. The Morgan fingerprint density at radius 1 is 0.950 bits per heavy atom. The van der Waals surface area contributed by atoms with Crippen LogP contribution in [0.15, 0.2) is 0 Å². The summed E-state index contributed by atoms with van der Waals surface area (Å²) in [4.78, 5) is 10.5. The van der Waals surface area contributed by atoms with Crippen LogP contribution in [-0.4, -0.2) is 97.1 Å². The zero-order valence-electron chi connectivity index (χ0n) is 13.6. The average molecular weight is 280 g/mol. The molecule has 0 radical (unpaired) electrons. The molecule has 0 amide bonds. The Bertz CT molecular complexity index is 310. The Morgan fingerprint density at radius 2 is 1.55 bits per heavy atom. The summed E-state index contributed by atoms with van der Waals surface area (Å²) < 4.78 is 0. The van der Waals surface area contributed by atoms with Gasteiger partial charge in [0.05, 0.1) is 0 Å². The zero-order chi connectivity index (χ0) is 14.2. The van der Waals surface area contributed by atoms with Crippen molar-refractivity contribution in [3.63, 3.8) is 0 Å². The maximum Gasteiger partial charge on any atom is 0.0350 e. The highest BCUT2D eigenvalue weighted by Crippen LogP contribution is 2.31. The van der Waals surface area contributed by atoms with Gasteiger partial charge in [-0.2, -0.15) is 0 Å². The summed E-state index contributed by atoms with van der Waals surface area (Å²) >= 11 is 0. The number of hydrogen-bond acceptors (Lipinski definition) is 4. The highest BCUT2D eigenvalue weighted by Gasteiger charge is 2.40. The van der Waals surface area contributed by atoms with Gasteiger partial charge in [-0.3, -0.25) is 9.80 Å². The highest BCUT2D eigenvalue weighted by molar-refractivity contribution is 4.97. The Balaban J connectivity index is 1.47. The van der Waals surface area contributed by atoms with Gasteiger partial charge >= 0.3 is 0 Å².